The molecular weight excluding hydrogens is 226 g/mol. The summed E-state index contributed by atoms with van der Waals surface area (Å²) in [5, 5.41) is 3.31. The highest BCUT2D eigenvalue weighted by molar-refractivity contribution is 5.35. The van der Waals surface area contributed by atoms with Crippen molar-refractivity contribution >= 4 is 5.82 Å². The van der Waals surface area contributed by atoms with E-state index < -0.39 is 11.2 Å². The zero-order valence-corrected chi connectivity index (χ0v) is 9.63. The normalized spacial score (nSPS) is 9.76. The predicted octanol–water partition coefficient (Wildman–Crippen LogP) is 1.02. The molecule has 0 radical (unpaired) electrons. The highest BCUT2D eigenvalue weighted by atomic mass is 16.7. The third-order valence-electron chi connectivity index (χ3n) is 2.13. The van der Waals surface area contributed by atoms with Gasteiger partial charge in [0.2, 0.25) is 0 Å². The van der Waals surface area contributed by atoms with Crippen LogP contribution in [-0.4, -0.2) is 16.3 Å². The molecule has 92 valence electrons. The maximum Gasteiger partial charge on any atom is 0.361 e. The van der Waals surface area contributed by atoms with Crippen LogP contribution in [0.4, 0.5) is 5.82 Å². The Labute approximate surface area is 96.4 Å². The molecule has 0 spiro atoms. The topological polar surface area (TPSA) is 113 Å². The largest absolute Gasteiger partial charge is 0.409 e. The van der Waals surface area contributed by atoms with Crippen LogP contribution in [0.15, 0.2) is 14.7 Å². The van der Waals surface area contributed by atoms with Crippen molar-refractivity contribution in [2.45, 2.75) is 26.7 Å². The molecule has 0 aliphatic rings. The number of rotatable bonds is 5. The summed E-state index contributed by atoms with van der Waals surface area (Å²) >= 11 is 0. The van der Waals surface area contributed by atoms with Gasteiger partial charge in [-0.15, -0.1) is 4.73 Å². The fraction of sp³-hybridized carbons (Fsp3) is 0.556. The molecule has 1 aromatic rings. The maximum atomic E-state index is 11.5. The number of nitrogens with zero attached hydrogens (tertiary/aromatic N) is 4. The molecule has 8 nitrogen and oxygen atoms in total. The second kappa shape index (κ2) is 5.76. The molecule has 0 bridgehead atoms. The van der Waals surface area contributed by atoms with Gasteiger partial charge in [-0.3, -0.25) is 9.78 Å². The molecule has 0 fully saturated rings. The summed E-state index contributed by atoms with van der Waals surface area (Å²) in [5.74, 6) is -0.114. The number of azide groups is 1. The van der Waals surface area contributed by atoms with Crippen molar-refractivity contribution in [1.29, 1.82) is 0 Å². The van der Waals surface area contributed by atoms with E-state index in [0.29, 0.717) is 6.61 Å². The van der Waals surface area contributed by atoms with Crippen molar-refractivity contribution in [2.24, 2.45) is 5.11 Å². The fourth-order valence-corrected chi connectivity index (χ4v) is 1.17. The third-order valence-corrected chi connectivity index (χ3v) is 2.13. The van der Waals surface area contributed by atoms with Crippen LogP contribution in [0.1, 0.15) is 25.3 Å². The van der Waals surface area contributed by atoms with Gasteiger partial charge in [0.15, 0.2) is 5.82 Å². The molecule has 0 aliphatic carbocycles. The Hall–Kier alpha value is -2.21. The quantitative estimate of drug-likeness (QED) is 0.358. The maximum absolute atomic E-state index is 11.5. The molecule has 1 N–H and O–H groups in total. The number of aromatic nitrogens is 2. The summed E-state index contributed by atoms with van der Waals surface area (Å²) in [7, 11) is 0. The molecule has 17 heavy (non-hydrogen) atoms. The van der Waals surface area contributed by atoms with Crippen LogP contribution in [0.5, 0.6) is 0 Å². The molecule has 0 amide bonds. The summed E-state index contributed by atoms with van der Waals surface area (Å²) in [5.41, 5.74) is 7.19. The zero-order chi connectivity index (χ0) is 12.8. The van der Waals surface area contributed by atoms with E-state index in [1.807, 2.05) is 6.92 Å². The summed E-state index contributed by atoms with van der Waals surface area (Å²) in [6.07, 6.45) is 1.65. The van der Waals surface area contributed by atoms with Crippen molar-refractivity contribution in [1.82, 2.24) is 9.71 Å². The average molecular weight is 239 g/mol. The molecule has 1 rings (SSSR count). The van der Waals surface area contributed by atoms with Crippen LogP contribution in [0, 0.1) is 6.92 Å². The molecular formula is C9H13N5O3. The van der Waals surface area contributed by atoms with Crippen molar-refractivity contribution in [3.63, 3.8) is 0 Å². The van der Waals surface area contributed by atoms with Gasteiger partial charge in [-0.25, -0.2) is 4.79 Å². The Kier molecular flexibility index (Phi) is 4.36. The Bertz CT molecular complexity index is 553. The van der Waals surface area contributed by atoms with Crippen LogP contribution in [0.25, 0.3) is 10.4 Å². The first-order valence-electron chi connectivity index (χ1n) is 5.16. The molecule has 0 saturated heterocycles. The third kappa shape index (κ3) is 2.88. The first kappa shape index (κ1) is 12.9. The van der Waals surface area contributed by atoms with Crippen molar-refractivity contribution in [3.8, 4) is 0 Å². The molecule has 0 aromatic carbocycles. The Morgan fingerprint density at radius 3 is 2.82 bits per heavy atom. The highest BCUT2D eigenvalue weighted by Gasteiger charge is 2.10. The smallest absolute Gasteiger partial charge is 0.361 e. The zero-order valence-electron chi connectivity index (χ0n) is 9.63. The molecule has 0 saturated carbocycles. The lowest BCUT2D eigenvalue weighted by atomic mass is 10.3. The number of hydrogen-bond acceptors (Lipinski definition) is 4. The summed E-state index contributed by atoms with van der Waals surface area (Å²) in [4.78, 5) is 32.6. The van der Waals surface area contributed by atoms with Gasteiger partial charge in [0, 0.05) is 10.5 Å². The minimum atomic E-state index is -0.751. The van der Waals surface area contributed by atoms with Gasteiger partial charge in [-0.2, -0.15) is 0 Å². The van der Waals surface area contributed by atoms with Gasteiger partial charge in [-0.05, 0) is 24.0 Å². The van der Waals surface area contributed by atoms with Crippen molar-refractivity contribution in [2.75, 3.05) is 6.61 Å². The SMILES string of the molecule is CCCCOn1c(N=[N+]=[N-])c(C)c(=O)[nH]c1=O. The van der Waals surface area contributed by atoms with Gasteiger partial charge in [-0.1, -0.05) is 13.3 Å². The van der Waals surface area contributed by atoms with E-state index in [2.05, 4.69) is 15.0 Å². The minimum Gasteiger partial charge on any atom is -0.409 e. The van der Waals surface area contributed by atoms with Gasteiger partial charge >= 0.3 is 5.69 Å². The Morgan fingerprint density at radius 2 is 2.24 bits per heavy atom. The van der Waals surface area contributed by atoms with Crippen molar-refractivity contribution < 1.29 is 4.84 Å². The number of aromatic amines is 1. The first-order valence-corrected chi connectivity index (χ1v) is 5.16. The Morgan fingerprint density at radius 1 is 1.53 bits per heavy atom. The molecule has 0 aliphatic heterocycles. The van der Waals surface area contributed by atoms with E-state index in [1.165, 1.54) is 6.92 Å². The molecule has 8 heteroatoms. The molecule has 1 aromatic heterocycles. The van der Waals surface area contributed by atoms with E-state index in [4.69, 9.17) is 10.4 Å². The molecule has 1 heterocycles. The lowest BCUT2D eigenvalue weighted by Crippen LogP contribution is -2.35. The second-order valence-corrected chi connectivity index (χ2v) is 3.38. The van der Waals surface area contributed by atoms with Crippen LogP contribution < -0.4 is 16.1 Å². The number of H-pyrrole nitrogens is 1. The molecule has 0 unspecified atom stereocenters. The van der Waals surface area contributed by atoms with Crippen molar-refractivity contribution in [3.05, 3.63) is 36.8 Å². The van der Waals surface area contributed by atoms with Gasteiger partial charge < -0.3 is 4.84 Å². The lowest BCUT2D eigenvalue weighted by Gasteiger charge is -2.11. The van der Waals surface area contributed by atoms with E-state index in [0.717, 1.165) is 17.6 Å². The first-order chi connectivity index (χ1) is 8.11. The average Bonchev–Trinajstić information content (AvgIpc) is 2.30. The van der Waals surface area contributed by atoms with Gasteiger partial charge in [0.05, 0.1) is 0 Å². The summed E-state index contributed by atoms with van der Waals surface area (Å²) in [6, 6.07) is 0. The van der Waals surface area contributed by atoms with Crippen LogP contribution in [0.3, 0.4) is 0 Å². The lowest BCUT2D eigenvalue weighted by molar-refractivity contribution is 0.0991. The summed E-state index contributed by atoms with van der Waals surface area (Å²) in [6.45, 7) is 3.72. The number of unbranched alkanes of at least 4 members (excludes halogenated alkanes) is 1. The highest BCUT2D eigenvalue weighted by Crippen LogP contribution is 2.10. The van der Waals surface area contributed by atoms with Crippen LogP contribution in [-0.2, 0) is 0 Å². The predicted molar refractivity (Wildman–Crippen MR) is 61.2 cm³/mol. The van der Waals surface area contributed by atoms with Crippen LogP contribution in [0.2, 0.25) is 0 Å². The molecule has 0 atom stereocenters. The second-order valence-electron chi connectivity index (χ2n) is 3.38. The minimum absolute atomic E-state index is 0.114. The number of nitrogens with one attached hydrogen (secondary N) is 1. The van der Waals surface area contributed by atoms with E-state index in [-0.39, 0.29) is 11.4 Å². The monoisotopic (exact) mass is 239 g/mol. The summed E-state index contributed by atoms with van der Waals surface area (Å²) < 4.78 is 0.812. The Balaban J connectivity index is 3.26. The van der Waals surface area contributed by atoms with E-state index in [1.54, 1.807) is 0 Å². The van der Waals surface area contributed by atoms with Crippen LogP contribution >= 0.6 is 0 Å². The van der Waals surface area contributed by atoms with Gasteiger partial charge in [0.1, 0.15) is 6.61 Å². The van der Waals surface area contributed by atoms with Gasteiger partial charge in [0.25, 0.3) is 5.56 Å². The van der Waals surface area contributed by atoms with E-state index >= 15 is 0 Å². The van der Waals surface area contributed by atoms with E-state index in [9.17, 15) is 9.59 Å². The number of hydrogen-bond donors (Lipinski definition) is 1. The standard InChI is InChI=1S/C9H13N5O3/c1-3-4-5-17-14-7(12-13-10)6(2)8(15)11-9(14)16/h3-5H2,1-2H3,(H,11,15,16). The fourth-order valence-electron chi connectivity index (χ4n) is 1.17.